The van der Waals surface area contributed by atoms with E-state index in [2.05, 4.69) is 11.7 Å². The minimum absolute atomic E-state index is 0.460. The number of ether oxygens (including phenoxy) is 1. The molecule has 4 nitrogen and oxygen atoms in total. The molecular weight excluding hydrogens is 166 g/mol. The molecule has 1 heterocycles. The lowest BCUT2D eigenvalue weighted by Gasteiger charge is -2.03. The van der Waals surface area contributed by atoms with Crippen LogP contribution in [0.4, 0.5) is 0 Å². The molecule has 0 aliphatic carbocycles. The Morgan fingerprint density at radius 1 is 1.77 bits per heavy atom. The Labute approximate surface area is 78.0 Å². The second-order valence-corrected chi connectivity index (χ2v) is 2.77. The summed E-state index contributed by atoms with van der Waals surface area (Å²) in [6, 6.07) is 0. The van der Waals surface area contributed by atoms with Gasteiger partial charge in [-0.05, 0) is 12.5 Å². The zero-order valence-electron chi connectivity index (χ0n) is 7.86. The van der Waals surface area contributed by atoms with Gasteiger partial charge in [0.05, 0.1) is 12.4 Å². The highest BCUT2D eigenvalue weighted by Crippen LogP contribution is 2.08. The Bertz CT molecular complexity index is 280. The largest absolute Gasteiger partial charge is 0.486 e. The minimum atomic E-state index is 0.460. The average Bonchev–Trinajstić information content (AvgIpc) is 2.61. The van der Waals surface area contributed by atoms with E-state index >= 15 is 0 Å². The summed E-state index contributed by atoms with van der Waals surface area (Å²) in [6.07, 6.45) is 3.54. The summed E-state index contributed by atoms with van der Waals surface area (Å²) in [5, 5.41) is 4.07. The fraction of sp³-hybridized carbons (Fsp3) is 0.444. The Kier molecular flexibility index (Phi) is 3.52. The van der Waals surface area contributed by atoms with Gasteiger partial charge in [0.2, 0.25) is 0 Å². The van der Waals surface area contributed by atoms with E-state index in [0.29, 0.717) is 13.2 Å². The third-order valence-electron chi connectivity index (χ3n) is 1.67. The molecule has 0 bridgehead atoms. The van der Waals surface area contributed by atoms with Crippen molar-refractivity contribution in [1.29, 1.82) is 0 Å². The molecule has 0 radical (unpaired) electrons. The van der Waals surface area contributed by atoms with Crippen molar-refractivity contribution >= 4 is 0 Å². The minimum Gasteiger partial charge on any atom is -0.486 e. The van der Waals surface area contributed by atoms with Crippen LogP contribution in [0.3, 0.4) is 0 Å². The van der Waals surface area contributed by atoms with Crippen LogP contribution in [0.1, 0.15) is 6.92 Å². The van der Waals surface area contributed by atoms with Gasteiger partial charge >= 0.3 is 0 Å². The molecule has 0 aliphatic heterocycles. The van der Waals surface area contributed by atoms with E-state index in [1.807, 2.05) is 13.1 Å². The van der Waals surface area contributed by atoms with Crippen LogP contribution in [-0.2, 0) is 6.54 Å². The number of nitrogens with zero attached hydrogens (tertiary/aromatic N) is 2. The molecule has 0 saturated heterocycles. The highest BCUT2D eigenvalue weighted by atomic mass is 16.5. The standard InChI is InChI=1S/C9H15N3O/c1-3-12-6-9(5-11-12)13-7-8(2)4-10/h5-6H,2-4,7,10H2,1H3. The van der Waals surface area contributed by atoms with Crippen molar-refractivity contribution in [3.63, 3.8) is 0 Å². The molecule has 0 amide bonds. The summed E-state index contributed by atoms with van der Waals surface area (Å²) >= 11 is 0. The monoisotopic (exact) mass is 181 g/mol. The highest BCUT2D eigenvalue weighted by Gasteiger charge is 1.98. The molecule has 0 aromatic carbocycles. The number of aryl methyl sites for hydroxylation is 1. The van der Waals surface area contributed by atoms with E-state index < -0.39 is 0 Å². The molecule has 72 valence electrons. The fourth-order valence-electron chi connectivity index (χ4n) is 0.836. The Morgan fingerprint density at radius 2 is 2.54 bits per heavy atom. The van der Waals surface area contributed by atoms with Crippen LogP contribution < -0.4 is 10.5 Å². The van der Waals surface area contributed by atoms with Gasteiger partial charge in [-0.2, -0.15) is 5.10 Å². The van der Waals surface area contributed by atoms with Crippen LogP contribution in [0.25, 0.3) is 0 Å². The zero-order chi connectivity index (χ0) is 9.68. The quantitative estimate of drug-likeness (QED) is 0.683. The van der Waals surface area contributed by atoms with Gasteiger partial charge in [0.25, 0.3) is 0 Å². The van der Waals surface area contributed by atoms with Crippen LogP contribution in [0.5, 0.6) is 5.75 Å². The van der Waals surface area contributed by atoms with Gasteiger partial charge in [0.15, 0.2) is 5.75 Å². The molecule has 1 aromatic rings. The smallest absolute Gasteiger partial charge is 0.157 e. The Balaban J connectivity index is 2.41. The molecular formula is C9H15N3O. The van der Waals surface area contributed by atoms with Crippen molar-refractivity contribution in [3.8, 4) is 5.75 Å². The van der Waals surface area contributed by atoms with E-state index in [9.17, 15) is 0 Å². The van der Waals surface area contributed by atoms with Crippen molar-refractivity contribution in [1.82, 2.24) is 9.78 Å². The van der Waals surface area contributed by atoms with E-state index in [1.165, 1.54) is 0 Å². The van der Waals surface area contributed by atoms with Gasteiger partial charge in [-0.15, -0.1) is 0 Å². The molecule has 13 heavy (non-hydrogen) atoms. The first-order chi connectivity index (χ1) is 6.26. The topological polar surface area (TPSA) is 53.1 Å². The summed E-state index contributed by atoms with van der Waals surface area (Å²) < 4.78 is 7.18. The fourth-order valence-corrected chi connectivity index (χ4v) is 0.836. The summed E-state index contributed by atoms with van der Waals surface area (Å²) in [6.45, 7) is 7.53. The van der Waals surface area contributed by atoms with Crippen LogP contribution >= 0.6 is 0 Å². The molecule has 0 fully saturated rings. The first-order valence-corrected chi connectivity index (χ1v) is 4.28. The van der Waals surface area contributed by atoms with Gasteiger partial charge in [-0.1, -0.05) is 6.58 Å². The first-order valence-electron chi connectivity index (χ1n) is 4.28. The summed E-state index contributed by atoms with van der Waals surface area (Å²) in [5.41, 5.74) is 6.25. The predicted molar refractivity (Wildman–Crippen MR) is 51.6 cm³/mol. The maximum atomic E-state index is 5.38. The lowest BCUT2D eigenvalue weighted by atomic mass is 10.3. The molecule has 1 rings (SSSR count). The molecule has 0 spiro atoms. The zero-order valence-corrected chi connectivity index (χ0v) is 7.86. The van der Waals surface area contributed by atoms with Gasteiger partial charge in [0, 0.05) is 13.1 Å². The van der Waals surface area contributed by atoms with Gasteiger partial charge < -0.3 is 10.5 Å². The number of rotatable bonds is 5. The van der Waals surface area contributed by atoms with Crippen molar-refractivity contribution in [2.24, 2.45) is 5.73 Å². The number of aromatic nitrogens is 2. The summed E-state index contributed by atoms with van der Waals surface area (Å²) in [7, 11) is 0. The molecule has 2 N–H and O–H groups in total. The maximum absolute atomic E-state index is 5.38. The SMILES string of the molecule is C=C(CN)COc1cnn(CC)c1. The van der Waals surface area contributed by atoms with Crippen molar-refractivity contribution in [2.75, 3.05) is 13.2 Å². The predicted octanol–water partition coefficient (Wildman–Crippen LogP) is 0.797. The number of hydrogen-bond acceptors (Lipinski definition) is 3. The lowest BCUT2D eigenvalue weighted by molar-refractivity contribution is 0.350. The highest BCUT2D eigenvalue weighted by molar-refractivity contribution is 5.13. The van der Waals surface area contributed by atoms with E-state index in [-0.39, 0.29) is 0 Å². The van der Waals surface area contributed by atoms with Gasteiger partial charge in [-0.25, -0.2) is 0 Å². The lowest BCUT2D eigenvalue weighted by Crippen LogP contribution is -2.09. The average molecular weight is 181 g/mol. The number of hydrogen-bond donors (Lipinski definition) is 1. The first kappa shape index (κ1) is 9.80. The van der Waals surface area contributed by atoms with Gasteiger partial charge in [0.1, 0.15) is 6.61 Å². The molecule has 0 unspecified atom stereocenters. The van der Waals surface area contributed by atoms with E-state index in [0.717, 1.165) is 17.9 Å². The second-order valence-electron chi connectivity index (χ2n) is 2.77. The summed E-state index contributed by atoms with van der Waals surface area (Å²) in [4.78, 5) is 0. The van der Waals surface area contributed by atoms with E-state index in [1.54, 1.807) is 10.9 Å². The second kappa shape index (κ2) is 4.67. The molecule has 1 aromatic heterocycles. The van der Waals surface area contributed by atoms with Crippen molar-refractivity contribution in [3.05, 3.63) is 24.5 Å². The van der Waals surface area contributed by atoms with Crippen LogP contribution in [0.15, 0.2) is 24.5 Å². The third-order valence-corrected chi connectivity index (χ3v) is 1.67. The maximum Gasteiger partial charge on any atom is 0.157 e. The van der Waals surface area contributed by atoms with Gasteiger partial charge in [-0.3, -0.25) is 4.68 Å². The Hall–Kier alpha value is -1.29. The molecule has 0 saturated carbocycles. The van der Waals surface area contributed by atoms with Crippen LogP contribution in [-0.4, -0.2) is 22.9 Å². The number of nitrogens with two attached hydrogens (primary N) is 1. The normalized spacial score (nSPS) is 10.0. The molecule has 4 heteroatoms. The van der Waals surface area contributed by atoms with Crippen LogP contribution in [0, 0.1) is 0 Å². The Morgan fingerprint density at radius 3 is 3.08 bits per heavy atom. The summed E-state index contributed by atoms with van der Waals surface area (Å²) in [5.74, 6) is 0.761. The third kappa shape index (κ3) is 2.91. The molecule has 0 atom stereocenters. The molecule has 0 aliphatic rings. The van der Waals surface area contributed by atoms with Crippen molar-refractivity contribution in [2.45, 2.75) is 13.5 Å². The van der Waals surface area contributed by atoms with Crippen LogP contribution in [0.2, 0.25) is 0 Å². The van der Waals surface area contributed by atoms with E-state index in [4.69, 9.17) is 10.5 Å². The van der Waals surface area contributed by atoms with Crippen molar-refractivity contribution < 1.29 is 4.74 Å².